The SMILES string of the molecule is CCc1ccc([C@@H](C)NC(=O)CNC(=O)c2cc(OC)c(OC)c(OC)c2)cc1. The molecule has 156 valence electrons. The number of rotatable bonds is 9. The lowest BCUT2D eigenvalue weighted by Crippen LogP contribution is -2.38. The monoisotopic (exact) mass is 400 g/mol. The highest BCUT2D eigenvalue weighted by atomic mass is 16.5. The van der Waals surface area contributed by atoms with E-state index < -0.39 is 5.91 Å². The molecule has 2 N–H and O–H groups in total. The first-order chi connectivity index (χ1) is 13.9. The topological polar surface area (TPSA) is 85.9 Å². The molecule has 0 saturated heterocycles. The van der Waals surface area contributed by atoms with Crippen LogP contribution < -0.4 is 24.8 Å². The summed E-state index contributed by atoms with van der Waals surface area (Å²) in [5.41, 5.74) is 2.55. The number of benzene rings is 2. The van der Waals surface area contributed by atoms with Crippen molar-refractivity contribution < 1.29 is 23.8 Å². The van der Waals surface area contributed by atoms with Gasteiger partial charge in [0.1, 0.15) is 0 Å². The van der Waals surface area contributed by atoms with E-state index >= 15 is 0 Å². The highest BCUT2D eigenvalue weighted by Gasteiger charge is 2.18. The maximum absolute atomic E-state index is 12.5. The zero-order valence-corrected chi connectivity index (χ0v) is 17.5. The minimum Gasteiger partial charge on any atom is -0.493 e. The van der Waals surface area contributed by atoms with E-state index in [1.807, 2.05) is 31.2 Å². The minimum absolute atomic E-state index is 0.146. The third-order valence-electron chi connectivity index (χ3n) is 4.60. The lowest BCUT2D eigenvalue weighted by molar-refractivity contribution is -0.120. The minimum atomic E-state index is -0.417. The lowest BCUT2D eigenvalue weighted by Gasteiger charge is -2.16. The van der Waals surface area contributed by atoms with Gasteiger partial charge in [-0.2, -0.15) is 0 Å². The van der Waals surface area contributed by atoms with Crippen LogP contribution in [-0.4, -0.2) is 39.7 Å². The molecule has 0 aromatic heterocycles. The molecule has 2 aromatic rings. The molecule has 2 aromatic carbocycles. The molecule has 0 fully saturated rings. The molecule has 0 aliphatic rings. The molecule has 1 atom stereocenters. The van der Waals surface area contributed by atoms with Crippen molar-refractivity contribution in [1.29, 1.82) is 0 Å². The van der Waals surface area contributed by atoms with Crippen LogP contribution >= 0.6 is 0 Å². The molecular weight excluding hydrogens is 372 g/mol. The molecule has 29 heavy (non-hydrogen) atoms. The van der Waals surface area contributed by atoms with Crippen molar-refractivity contribution >= 4 is 11.8 Å². The summed E-state index contributed by atoms with van der Waals surface area (Å²) in [6.45, 7) is 3.85. The summed E-state index contributed by atoms with van der Waals surface area (Å²) in [7, 11) is 4.43. The number of hydrogen-bond acceptors (Lipinski definition) is 5. The van der Waals surface area contributed by atoms with Gasteiger partial charge in [-0.3, -0.25) is 9.59 Å². The third kappa shape index (κ3) is 5.63. The summed E-state index contributed by atoms with van der Waals surface area (Å²) in [4.78, 5) is 24.7. The molecule has 2 rings (SSSR count). The molecule has 0 saturated carbocycles. The van der Waals surface area contributed by atoms with Crippen molar-refractivity contribution in [2.75, 3.05) is 27.9 Å². The van der Waals surface area contributed by atoms with Crippen LogP contribution in [0.15, 0.2) is 36.4 Å². The Bertz CT molecular complexity index is 824. The fraction of sp³-hybridized carbons (Fsp3) is 0.364. The maximum atomic E-state index is 12.5. The van der Waals surface area contributed by atoms with Crippen LogP contribution in [0.3, 0.4) is 0 Å². The largest absolute Gasteiger partial charge is 0.493 e. The van der Waals surface area contributed by atoms with E-state index in [1.54, 1.807) is 0 Å². The predicted octanol–water partition coefficient (Wildman–Crippen LogP) is 2.88. The van der Waals surface area contributed by atoms with Crippen molar-refractivity contribution in [1.82, 2.24) is 10.6 Å². The van der Waals surface area contributed by atoms with Gasteiger partial charge < -0.3 is 24.8 Å². The van der Waals surface area contributed by atoms with E-state index in [-0.39, 0.29) is 18.5 Å². The second-order valence-corrected chi connectivity index (χ2v) is 6.48. The standard InChI is InChI=1S/C22H28N2O5/c1-6-15-7-9-16(10-8-15)14(2)24-20(25)13-23-22(26)17-11-18(27-3)21(29-5)19(12-17)28-4/h7-12,14H,6,13H2,1-5H3,(H,23,26)(H,24,25)/t14-/m1/s1. The lowest BCUT2D eigenvalue weighted by atomic mass is 10.1. The zero-order valence-electron chi connectivity index (χ0n) is 17.5. The predicted molar refractivity (Wildman–Crippen MR) is 111 cm³/mol. The van der Waals surface area contributed by atoms with Gasteiger partial charge in [0.25, 0.3) is 5.91 Å². The molecule has 0 aliphatic carbocycles. The van der Waals surface area contributed by atoms with Crippen molar-refractivity contribution in [3.05, 3.63) is 53.1 Å². The Morgan fingerprint density at radius 2 is 1.55 bits per heavy atom. The Kier molecular flexibility index (Phi) is 7.88. The normalized spacial score (nSPS) is 11.3. The molecule has 0 aliphatic heterocycles. The van der Waals surface area contributed by atoms with Gasteiger partial charge in [0.15, 0.2) is 11.5 Å². The van der Waals surface area contributed by atoms with Gasteiger partial charge in [-0.1, -0.05) is 31.2 Å². The number of aryl methyl sites for hydroxylation is 1. The molecular formula is C22H28N2O5. The van der Waals surface area contributed by atoms with Gasteiger partial charge in [0.2, 0.25) is 11.7 Å². The summed E-state index contributed by atoms with van der Waals surface area (Å²) in [6, 6.07) is 11.0. The highest BCUT2D eigenvalue weighted by molar-refractivity contribution is 5.97. The zero-order chi connectivity index (χ0) is 21.4. The Balaban J connectivity index is 1.98. The smallest absolute Gasteiger partial charge is 0.251 e. The van der Waals surface area contributed by atoms with E-state index in [0.717, 1.165) is 12.0 Å². The number of carbonyl (C=O) groups excluding carboxylic acids is 2. The molecule has 0 bridgehead atoms. The van der Waals surface area contributed by atoms with Gasteiger partial charge in [-0.15, -0.1) is 0 Å². The van der Waals surface area contributed by atoms with Crippen molar-refractivity contribution in [3.8, 4) is 17.2 Å². The number of hydrogen-bond donors (Lipinski definition) is 2. The first-order valence-electron chi connectivity index (χ1n) is 9.39. The number of amides is 2. The number of methoxy groups -OCH3 is 3. The van der Waals surface area contributed by atoms with Crippen LogP contribution in [0.5, 0.6) is 17.2 Å². The fourth-order valence-corrected chi connectivity index (χ4v) is 2.89. The maximum Gasteiger partial charge on any atom is 0.251 e. The van der Waals surface area contributed by atoms with E-state index in [9.17, 15) is 9.59 Å². The van der Waals surface area contributed by atoms with Crippen molar-refractivity contribution in [2.24, 2.45) is 0 Å². The fourth-order valence-electron chi connectivity index (χ4n) is 2.89. The van der Waals surface area contributed by atoms with E-state index in [1.165, 1.54) is 39.0 Å². The highest BCUT2D eigenvalue weighted by Crippen LogP contribution is 2.38. The Labute approximate surface area is 171 Å². The number of carbonyl (C=O) groups is 2. The summed E-state index contributed by atoms with van der Waals surface area (Å²) >= 11 is 0. The van der Waals surface area contributed by atoms with Gasteiger partial charge in [0.05, 0.1) is 33.9 Å². The van der Waals surface area contributed by atoms with Gasteiger partial charge >= 0.3 is 0 Å². The van der Waals surface area contributed by atoms with Crippen LogP contribution in [0.4, 0.5) is 0 Å². The van der Waals surface area contributed by atoms with Crippen LogP contribution in [0.2, 0.25) is 0 Å². The molecule has 0 heterocycles. The van der Waals surface area contributed by atoms with Crippen molar-refractivity contribution in [3.63, 3.8) is 0 Å². The van der Waals surface area contributed by atoms with Gasteiger partial charge in [0, 0.05) is 5.56 Å². The molecule has 0 spiro atoms. The Morgan fingerprint density at radius 1 is 0.966 bits per heavy atom. The molecule has 7 heteroatoms. The summed E-state index contributed by atoms with van der Waals surface area (Å²) in [6.07, 6.45) is 0.966. The van der Waals surface area contributed by atoms with Crippen molar-refractivity contribution in [2.45, 2.75) is 26.3 Å². The van der Waals surface area contributed by atoms with Gasteiger partial charge in [-0.25, -0.2) is 0 Å². The average molecular weight is 400 g/mol. The first kappa shape index (κ1) is 22.1. The first-order valence-corrected chi connectivity index (χ1v) is 9.39. The van der Waals surface area contributed by atoms with Crippen LogP contribution in [0, 0.1) is 0 Å². The number of nitrogens with one attached hydrogen (secondary N) is 2. The molecule has 0 unspecified atom stereocenters. The third-order valence-corrected chi connectivity index (χ3v) is 4.60. The average Bonchev–Trinajstić information content (AvgIpc) is 2.76. The Morgan fingerprint density at radius 3 is 2.03 bits per heavy atom. The van der Waals surface area contributed by atoms with Crippen LogP contribution in [-0.2, 0) is 11.2 Å². The second-order valence-electron chi connectivity index (χ2n) is 6.48. The summed E-state index contributed by atoms with van der Waals surface area (Å²) in [5, 5.41) is 5.49. The second kappa shape index (κ2) is 10.4. The van der Waals surface area contributed by atoms with E-state index in [4.69, 9.17) is 14.2 Å². The summed E-state index contributed by atoms with van der Waals surface area (Å²) < 4.78 is 15.7. The number of ether oxygens (including phenoxy) is 3. The molecule has 2 amide bonds. The van der Waals surface area contributed by atoms with E-state index in [2.05, 4.69) is 17.6 Å². The molecule has 0 radical (unpaired) electrons. The van der Waals surface area contributed by atoms with Gasteiger partial charge in [-0.05, 0) is 36.6 Å². The van der Waals surface area contributed by atoms with Crippen LogP contribution in [0.25, 0.3) is 0 Å². The van der Waals surface area contributed by atoms with E-state index in [0.29, 0.717) is 22.8 Å². The summed E-state index contributed by atoms with van der Waals surface area (Å²) in [5.74, 6) is 0.431. The Hall–Kier alpha value is -3.22. The quantitative estimate of drug-likeness (QED) is 0.676. The molecule has 7 nitrogen and oxygen atoms in total. The van der Waals surface area contributed by atoms with Crippen LogP contribution in [0.1, 0.15) is 41.4 Å².